The highest BCUT2D eigenvalue weighted by atomic mass is 16.5. The topological polar surface area (TPSA) is 35.5 Å². The van der Waals surface area contributed by atoms with Crippen LogP contribution in [0.1, 0.15) is 30.5 Å². The molecule has 1 unspecified atom stereocenters. The standard InChI is InChI=1S/C24H22O3/c1-3-26-23(25)13-9-17-8-12-22-21(14-17)24(2,16-27-22)20-11-10-18-6-4-5-7-19(18)15-20/h4-15H,3,16H2,1-2H3. The molecule has 1 aliphatic rings. The van der Waals surface area contributed by atoms with E-state index in [9.17, 15) is 4.79 Å². The lowest BCUT2D eigenvalue weighted by Gasteiger charge is -2.24. The zero-order chi connectivity index (χ0) is 18.9. The van der Waals surface area contributed by atoms with E-state index in [0.29, 0.717) is 13.2 Å². The number of esters is 1. The molecule has 0 N–H and O–H groups in total. The van der Waals surface area contributed by atoms with Crippen LogP contribution in [0.2, 0.25) is 0 Å². The predicted molar refractivity (Wildman–Crippen MR) is 108 cm³/mol. The van der Waals surface area contributed by atoms with Crippen molar-refractivity contribution in [2.24, 2.45) is 0 Å². The van der Waals surface area contributed by atoms with E-state index >= 15 is 0 Å². The quantitative estimate of drug-likeness (QED) is 0.480. The molecule has 3 aromatic rings. The second kappa shape index (κ2) is 6.92. The molecule has 4 rings (SSSR count). The first-order valence-electron chi connectivity index (χ1n) is 9.21. The molecule has 3 heteroatoms. The van der Waals surface area contributed by atoms with Crippen LogP contribution in [-0.2, 0) is 14.9 Å². The minimum atomic E-state index is -0.327. The van der Waals surface area contributed by atoms with Gasteiger partial charge in [-0.3, -0.25) is 0 Å². The number of carbonyl (C=O) groups excluding carboxylic acids is 1. The smallest absolute Gasteiger partial charge is 0.330 e. The fraction of sp³-hybridized carbons (Fsp3) is 0.208. The Bertz CT molecular complexity index is 1030. The summed E-state index contributed by atoms with van der Waals surface area (Å²) in [6.45, 7) is 4.99. The number of hydrogen-bond donors (Lipinski definition) is 0. The SMILES string of the molecule is CCOC(=O)C=Cc1ccc2c(c1)C(C)(c1ccc3ccccc3c1)CO2. The van der Waals surface area contributed by atoms with E-state index in [2.05, 4.69) is 55.5 Å². The summed E-state index contributed by atoms with van der Waals surface area (Å²) < 4.78 is 10.9. The third-order valence-electron chi connectivity index (χ3n) is 5.20. The lowest BCUT2D eigenvalue weighted by atomic mass is 9.77. The van der Waals surface area contributed by atoms with Crippen molar-refractivity contribution in [1.82, 2.24) is 0 Å². The van der Waals surface area contributed by atoms with Crippen LogP contribution in [0, 0.1) is 0 Å². The molecule has 27 heavy (non-hydrogen) atoms. The number of ether oxygens (including phenoxy) is 2. The second-order valence-corrected chi connectivity index (χ2v) is 7.02. The number of carbonyl (C=O) groups is 1. The summed E-state index contributed by atoms with van der Waals surface area (Å²) >= 11 is 0. The van der Waals surface area contributed by atoms with Gasteiger partial charge in [-0.15, -0.1) is 0 Å². The maximum Gasteiger partial charge on any atom is 0.330 e. The van der Waals surface area contributed by atoms with Crippen molar-refractivity contribution in [3.8, 4) is 5.75 Å². The van der Waals surface area contributed by atoms with Gasteiger partial charge in [0.2, 0.25) is 0 Å². The van der Waals surface area contributed by atoms with Gasteiger partial charge in [-0.1, -0.05) is 48.5 Å². The van der Waals surface area contributed by atoms with Gasteiger partial charge in [0.05, 0.1) is 12.0 Å². The molecule has 0 aliphatic carbocycles. The predicted octanol–water partition coefficient (Wildman–Crippen LogP) is 5.11. The summed E-state index contributed by atoms with van der Waals surface area (Å²) in [5, 5.41) is 2.46. The van der Waals surface area contributed by atoms with Gasteiger partial charge in [-0.25, -0.2) is 4.79 Å². The Morgan fingerprint density at radius 3 is 2.74 bits per heavy atom. The van der Waals surface area contributed by atoms with E-state index in [1.807, 2.05) is 12.1 Å². The zero-order valence-electron chi connectivity index (χ0n) is 15.6. The van der Waals surface area contributed by atoms with Gasteiger partial charge < -0.3 is 9.47 Å². The fourth-order valence-corrected chi connectivity index (χ4v) is 3.63. The summed E-state index contributed by atoms with van der Waals surface area (Å²) in [5.74, 6) is 0.575. The van der Waals surface area contributed by atoms with Crippen LogP contribution < -0.4 is 4.74 Å². The summed E-state index contributed by atoms with van der Waals surface area (Å²) in [7, 11) is 0. The van der Waals surface area contributed by atoms with Crippen LogP contribution in [0.25, 0.3) is 16.8 Å². The lowest BCUT2D eigenvalue weighted by Crippen LogP contribution is -2.25. The Hall–Kier alpha value is -3.07. The molecule has 0 bridgehead atoms. The summed E-state index contributed by atoms with van der Waals surface area (Å²) in [6, 6.07) is 21.0. The minimum Gasteiger partial charge on any atom is -0.492 e. The van der Waals surface area contributed by atoms with Crippen molar-refractivity contribution >= 4 is 22.8 Å². The molecular formula is C24H22O3. The average molecular weight is 358 g/mol. The molecular weight excluding hydrogens is 336 g/mol. The molecule has 1 heterocycles. The number of fused-ring (bicyclic) bond motifs is 2. The first-order valence-corrected chi connectivity index (χ1v) is 9.21. The van der Waals surface area contributed by atoms with Crippen LogP contribution in [0.4, 0.5) is 0 Å². The van der Waals surface area contributed by atoms with E-state index in [1.54, 1.807) is 13.0 Å². The van der Waals surface area contributed by atoms with Crippen molar-refractivity contribution in [3.05, 3.63) is 83.4 Å². The molecule has 1 aliphatic heterocycles. The van der Waals surface area contributed by atoms with Gasteiger partial charge in [-0.05, 0) is 54.0 Å². The lowest BCUT2D eigenvalue weighted by molar-refractivity contribution is -0.137. The average Bonchev–Trinajstić information content (AvgIpc) is 3.04. The number of benzene rings is 3. The van der Waals surface area contributed by atoms with Crippen molar-refractivity contribution in [2.45, 2.75) is 19.3 Å². The first-order chi connectivity index (χ1) is 13.1. The van der Waals surface area contributed by atoms with Gasteiger partial charge in [0.1, 0.15) is 12.4 Å². The van der Waals surface area contributed by atoms with Crippen LogP contribution in [-0.4, -0.2) is 19.2 Å². The molecule has 0 saturated heterocycles. The third kappa shape index (κ3) is 3.21. The van der Waals surface area contributed by atoms with E-state index in [4.69, 9.17) is 9.47 Å². The van der Waals surface area contributed by atoms with Gasteiger partial charge in [0.15, 0.2) is 0 Å². The molecule has 1 atom stereocenters. The summed E-state index contributed by atoms with van der Waals surface area (Å²) in [6.07, 6.45) is 3.26. The maximum atomic E-state index is 11.6. The highest BCUT2D eigenvalue weighted by molar-refractivity contribution is 5.87. The molecule has 3 aromatic carbocycles. The molecule has 0 radical (unpaired) electrons. The fourth-order valence-electron chi connectivity index (χ4n) is 3.63. The van der Waals surface area contributed by atoms with Gasteiger partial charge >= 0.3 is 5.97 Å². The Kier molecular flexibility index (Phi) is 4.44. The monoisotopic (exact) mass is 358 g/mol. The van der Waals surface area contributed by atoms with E-state index in [0.717, 1.165) is 16.9 Å². The first kappa shape index (κ1) is 17.3. The second-order valence-electron chi connectivity index (χ2n) is 7.02. The third-order valence-corrected chi connectivity index (χ3v) is 5.20. The maximum absolute atomic E-state index is 11.6. The van der Waals surface area contributed by atoms with Crippen molar-refractivity contribution in [2.75, 3.05) is 13.2 Å². The Morgan fingerprint density at radius 2 is 1.93 bits per heavy atom. The van der Waals surface area contributed by atoms with Gasteiger partial charge in [0.25, 0.3) is 0 Å². The van der Waals surface area contributed by atoms with Gasteiger partial charge in [0, 0.05) is 11.6 Å². The Morgan fingerprint density at radius 1 is 1.11 bits per heavy atom. The van der Waals surface area contributed by atoms with Crippen LogP contribution in [0.15, 0.2) is 66.7 Å². The molecule has 0 aromatic heterocycles. The molecule has 0 fully saturated rings. The minimum absolute atomic E-state index is 0.229. The Balaban J connectivity index is 1.72. The molecule has 3 nitrogen and oxygen atoms in total. The van der Waals surface area contributed by atoms with Crippen LogP contribution >= 0.6 is 0 Å². The largest absolute Gasteiger partial charge is 0.492 e. The zero-order valence-corrected chi connectivity index (χ0v) is 15.6. The van der Waals surface area contributed by atoms with E-state index in [1.165, 1.54) is 22.4 Å². The number of hydrogen-bond acceptors (Lipinski definition) is 3. The summed E-state index contributed by atoms with van der Waals surface area (Å²) in [5.41, 5.74) is 3.10. The van der Waals surface area contributed by atoms with Gasteiger partial charge in [-0.2, -0.15) is 0 Å². The number of rotatable bonds is 4. The highest BCUT2D eigenvalue weighted by Gasteiger charge is 2.38. The Labute approximate surface area is 159 Å². The summed E-state index contributed by atoms with van der Waals surface area (Å²) in [4.78, 5) is 11.6. The van der Waals surface area contributed by atoms with Crippen molar-refractivity contribution < 1.29 is 14.3 Å². The molecule has 0 spiro atoms. The molecule has 0 saturated carbocycles. The highest BCUT2D eigenvalue weighted by Crippen LogP contribution is 2.44. The van der Waals surface area contributed by atoms with E-state index < -0.39 is 0 Å². The van der Waals surface area contributed by atoms with Crippen LogP contribution in [0.3, 0.4) is 0 Å². The van der Waals surface area contributed by atoms with Crippen molar-refractivity contribution in [3.63, 3.8) is 0 Å². The normalized spacial score (nSPS) is 18.4. The van der Waals surface area contributed by atoms with Crippen LogP contribution in [0.5, 0.6) is 5.75 Å². The van der Waals surface area contributed by atoms with E-state index in [-0.39, 0.29) is 11.4 Å². The molecule has 136 valence electrons. The van der Waals surface area contributed by atoms with Crippen molar-refractivity contribution in [1.29, 1.82) is 0 Å². The molecule has 0 amide bonds.